The van der Waals surface area contributed by atoms with Crippen LogP contribution in [0.5, 0.6) is 0 Å². The number of carbonyl (C=O) groups excluding carboxylic acids is 2. The summed E-state index contributed by atoms with van der Waals surface area (Å²) in [7, 11) is -4.35. The molecule has 0 spiro atoms. The summed E-state index contributed by atoms with van der Waals surface area (Å²) in [5.74, 6) is -1.59. The van der Waals surface area contributed by atoms with Crippen LogP contribution < -0.4 is 0 Å². The molecule has 2 rings (SSSR count). The average molecular weight is 400 g/mol. The van der Waals surface area contributed by atoms with Crippen LogP contribution in [0.2, 0.25) is 0 Å². The summed E-state index contributed by atoms with van der Waals surface area (Å²) >= 11 is 0. The van der Waals surface area contributed by atoms with Gasteiger partial charge in [0.1, 0.15) is 10.8 Å². The van der Waals surface area contributed by atoms with E-state index in [2.05, 4.69) is 0 Å². The van der Waals surface area contributed by atoms with Gasteiger partial charge in [-0.3, -0.25) is 9.59 Å². The molecule has 1 aromatic rings. The fraction of sp³-hybridized carbons (Fsp3) is 0.273. The zero-order valence-corrected chi connectivity index (χ0v) is 17.3. The van der Waals surface area contributed by atoms with E-state index >= 15 is 0 Å². The van der Waals surface area contributed by atoms with Crippen LogP contribution in [0.3, 0.4) is 0 Å². The molecule has 5 nitrogen and oxygen atoms in total. The summed E-state index contributed by atoms with van der Waals surface area (Å²) < 4.78 is 26.9. The van der Waals surface area contributed by atoms with Gasteiger partial charge in [-0.25, -0.2) is 8.42 Å². The molecule has 6 heteroatoms. The molecule has 0 unspecified atom stereocenters. The zero-order valence-electron chi connectivity index (χ0n) is 16.5. The van der Waals surface area contributed by atoms with Crippen molar-refractivity contribution in [2.45, 2.75) is 32.6 Å². The van der Waals surface area contributed by atoms with Crippen LogP contribution >= 0.6 is 0 Å². The summed E-state index contributed by atoms with van der Waals surface area (Å²) in [6, 6.07) is 7.51. The number of benzene rings is 1. The number of rotatable bonds is 6. The molecule has 2 amide bonds. The van der Waals surface area contributed by atoms with Gasteiger partial charge in [-0.1, -0.05) is 66.8 Å². The Labute approximate surface area is 166 Å². The van der Waals surface area contributed by atoms with E-state index in [1.807, 2.05) is 0 Å². The van der Waals surface area contributed by atoms with Crippen LogP contribution in [-0.4, -0.2) is 24.5 Å². The second kappa shape index (κ2) is 8.10. The lowest BCUT2D eigenvalue weighted by atomic mass is 9.63. The van der Waals surface area contributed by atoms with E-state index in [1.54, 1.807) is 94.5 Å². The number of sulfonamides is 1. The predicted octanol–water partition coefficient (Wildman–Crippen LogP) is 4.02. The maximum absolute atomic E-state index is 13.6. The molecule has 1 aliphatic rings. The van der Waals surface area contributed by atoms with Crippen molar-refractivity contribution in [1.82, 2.24) is 4.31 Å². The number of amides is 2. The van der Waals surface area contributed by atoms with Gasteiger partial charge >= 0.3 is 0 Å². The summed E-state index contributed by atoms with van der Waals surface area (Å²) in [6.45, 7) is 6.92. The number of imide groups is 1. The average Bonchev–Trinajstić information content (AvgIpc) is 2.83. The lowest BCUT2D eigenvalue weighted by molar-refractivity contribution is -0.134. The van der Waals surface area contributed by atoms with E-state index in [0.29, 0.717) is 4.31 Å². The summed E-state index contributed by atoms with van der Waals surface area (Å²) in [5, 5.41) is 0. The highest BCUT2D eigenvalue weighted by Crippen LogP contribution is 2.54. The van der Waals surface area contributed by atoms with Crippen molar-refractivity contribution in [1.29, 1.82) is 0 Å². The number of carbonyl (C=O) groups is 2. The topological polar surface area (TPSA) is 71.5 Å². The molecule has 0 saturated carbocycles. The Morgan fingerprint density at radius 2 is 1.07 bits per heavy atom. The van der Waals surface area contributed by atoms with Crippen LogP contribution in [-0.2, 0) is 19.6 Å². The van der Waals surface area contributed by atoms with E-state index in [9.17, 15) is 18.0 Å². The fourth-order valence-corrected chi connectivity index (χ4v) is 5.15. The van der Waals surface area contributed by atoms with Crippen LogP contribution in [0, 0.1) is 10.8 Å². The minimum Gasteiger partial charge on any atom is -0.272 e. The Bertz CT molecular complexity index is 899. The minimum absolute atomic E-state index is 0.108. The fourth-order valence-electron chi connectivity index (χ4n) is 3.70. The molecule has 1 aliphatic heterocycles. The van der Waals surface area contributed by atoms with Gasteiger partial charge < -0.3 is 0 Å². The molecule has 0 atom stereocenters. The van der Waals surface area contributed by atoms with Gasteiger partial charge in [-0.05, 0) is 39.8 Å². The minimum atomic E-state index is -4.35. The third-order valence-electron chi connectivity index (χ3n) is 4.76. The predicted molar refractivity (Wildman–Crippen MR) is 110 cm³/mol. The van der Waals surface area contributed by atoms with Crippen molar-refractivity contribution in [3.8, 4) is 0 Å². The second-order valence-corrected chi connectivity index (χ2v) is 8.22. The number of nitrogens with zero attached hydrogens (tertiary/aromatic N) is 1. The van der Waals surface area contributed by atoms with Gasteiger partial charge in [0.2, 0.25) is 0 Å². The van der Waals surface area contributed by atoms with Crippen LogP contribution in [0.25, 0.3) is 0 Å². The summed E-state index contributed by atoms with van der Waals surface area (Å²) in [4.78, 5) is 27.0. The van der Waals surface area contributed by atoms with E-state index in [-0.39, 0.29) is 4.90 Å². The maximum atomic E-state index is 13.6. The van der Waals surface area contributed by atoms with Gasteiger partial charge in [0.05, 0.1) is 4.90 Å². The molecular formula is C22H25NO4S. The van der Waals surface area contributed by atoms with Crippen molar-refractivity contribution < 1.29 is 18.0 Å². The Hall–Kier alpha value is -2.73. The lowest BCUT2D eigenvalue weighted by Gasteiger charge is -2.33. The third kappa shape index (κ3) is 2.98. The van der Waals surface area contributed by atoms with Crippen LogP contribution in [0.15, 0.2) is 83.8 Å². The zero-order chi connectivity index (χ0) is 21.0. The van der Waals surface area contributed by atoms with Crippen molar-refractivity contribution in [2.75, 3.05) is 0 Å². The molecule has 1 heterocycles. The van der Waals surface area contributed by atoms with Gasteiger partial charge in [-0.2, -0.15) is 4.31 Å². The Kier molecular flexibility index (Phi) is 6.24. The molecule has 0 aromatic heterocycles. The largest absolute Gasteiger partial charge is 0.273 e. The van der Waals surface area contributed by atoms with Crippen molar-refractivity contribution in [3.63, 3.8) is 0 Å². The van der Waals surface area contributed by atoms with E-state index in [0.717, 1.165) is 0 Å². The quantitative estimate of drug-likeness (QED) is 0.535. The van der Waals surface area contributed by atoms with Gasteiger partial charge in [0, 0.05) is 0 Å². The van der Waals surface area contributed by atoms with Crippen LogP contribution in [0.1, 0.15) is 27.7 Å². The molecule has 148 valence electrons. The summed E-state index contributed by atoms with van der Waals surface area (Å²) in [5.41, 5.74) is -2.96. The van der Waals surface area contributed by atoms with E-state index in [4.69, 9.17) is 0 Å². The Balaban J connectivity index is 2.91. The first kappa shape index (κ1) is 21.6. The second-order valence-electron chi connectivity index (χ2n) is 6.43. The lowest BCUT2D eigenvalue weighted by Crippen LogP contribution is -2.39. The maximum Gasteiger partial charge on any atom is 0.273 e. The molecule has 1 saturated heterocycles. The van der Waals surface area contributed by atoms with Crippen molar-refractivity contribution in [2.24, 2.45) is 10.8 Å². The summed E-state index contributed by atoms with van der Waals surface area (Å²) in [6.07, 6.45) is 13.0. The molecule has 0 N–H and O–H groups in total. The first-order valence-corrected chi connectivity index (χ1v) is 10.5. The van der Waals surface area contributed by atoms with Gasteiger partial charge in [0.25, 0.3) is 21.8 Å². The standard InChI is InChI=1S/C22H25NO4S/c1-5-14-21(15-6-2)19(24)23(20(25)22(21,16-7-3)17-8-4)28(26,27)18-12-10-9-11-13-18/h5-17H,1-4H3/b14-5-,15-6-,16-7-,17-8-. The molecular weight excluding hydrogens is 374 g/mol. The SMILES string of the molecule is C/C=C\C1(/C=C\C)C(=O)N(S(=O)(=O)c2ccccc2)C(=O)C1(/C=C\C)/C=C\C. The normalized spacial score (nSPS) is 19.8. The first-order chi connectivity index (χ1) is 13.3. The van der Waals surface area contributed by atoms with Crippen LogP contribution in [0.4, 0.5) is 0 Å². The Morgan fingerprint density at radius 3 is 1.39 bits per heavy atom. The molecule has 0 radical (unpaired) electrons. The van der Waals surface area contributed by atoms with Crippen molar-refractivity contribution >= 4 is 21.8 Å². The molecule has 1 aromatic carbocycles. The molecule has 1 fully saturated rings. The highest BCUT2D eigenvalue weighted by Gasteiger charge is 2.67. The number of hydrogen-bond acceptors (Lipinski definition) is 4. The van der Waals surface area contributed by atoms with E-state index in [1.165, 1.54) is 12.1 Å². The molecule has 28 heavy (non-hydrogen) atoms. The van der Waals surface area contributed by atoms with Crippen molar-refractivity contribution in [3.05, 3.63) is 78.9 Å². The molecule has 0 bridgehead atoms. The highest BCUT2D eigenvalue weighted by atomic mass is 32.2. The highest BCUT2D eigenvalue weighted by molar-refractivity contribution is 7.90. The van der Waals surface area contributed by atoms with Gasteiger partial charge in [0.15, 0.2) is 0 Å². The first-order valence-electron chi connectivity index (χ1n) is 9.03. The number of allylic oxidation sites excluding steroid dienone is 4. The Morgan fingerprint density at radius 1 is 0.714 bits per heavy atom. The smallest absolute Gasteiger partial charge is 0.272 e. The molecule has 0 aliphatic carbocycles. The van der Waals surface area contributed by atoms with E-state index < -0.39 is 32.7 Å². The van der Waals surface area contributed by atoms with Gasteiger partial charge in [-0.15, -0.1) is 0 Å². The third-order valence-corrected chi connectivity index (χ3v) is 6.44. The monoisotopic (exact) mass is 399 g/mol. The number of hydrogen-bond donors (Lipinski definition) is 0.